The summed E-state index contributed by atoms with van der Waals surface area (Å²) < 4.78 is 4.53. The molecule has 0 aliphatic heterocycles. The zero-order valence-electron chi connectivity index (χ0n) is 9.54. The van der Waals surface area contributed by atoms with Gasteiger partial charge in [0.2, 0.25) is 0 Å². The highest BCUT2D eigenvalue weighted by molar-refractivity contribution is 7.21. The van der Waals surface area contributed by atoms with Gasteiger partial charge in [-0.05, 0) is 29.7 Å². The number of hydrogen-bond donors (Lipinski definition) is 0. The Kier molecular flexibility index (Phi) is 3.92. The number of thiophene rings is 2. The van der Waals surface area contributed by atoms with Gasteiger partial charge in [-0.1, -0.05) is 6.07 Å². The average Bonchev–Trinajstić information content (AvgIpc) is 3.05. The van der Waals surface area contributed by atoms with Crippen molar-refractivity contribution in [2.45, 2.75) is 0 Å². The van der Waals surface area contributed by atoms with Gasteiger partial charge in [0, 0.05) is 14.6 Å². The monoisotopic (exact) mass is 275 g/mol. The molecular weight excluding hydrogens is 266 g/mol. The van der Waals surface area contributed by atoms with Crippen molar-refractivity contribution in [1.29, 1.82) is 5.26 Å². The third-order valence-electron chi connectivity index (χ3n) is 2.20. The largest absolute Gasteiger partial charge is 0.465 e. The fraction of sp³-hybridized carbons (Fsp3) is 0.0769. The summed E-state index contributed by atoms with van der Waals surface area (Å²) in [6.07, 6.45) is 1.55. The number of esters is 1. The number of carbonyl (C=O) groups is 1. The van der Waals surface area contributed by atoms with Crippen LogP contribution in [-0.4, -0.2) is 13.1 Å². The Bertz CT molecular complexity index is 618. The lowest BCUT2D eigenvalue weighted by atomic mass is 10.2. The van der Waals surface area contributed by atoms with Crippen LogP contribution in [0.1, 0.15) is 4.88 Å². The first kappa shape index (κ1) is 12.6. The van der Waals surface area contributed by atoms with Crippen LogP contribution in [0.25, 0.3) is 15.8 Å². The van der Waals surface area contributed by atoms with E-state index in [9.17, 15) is 4.79 Å². The molecule has 3 nitrogen and oxygen atoms in total. The third kappa shape index (κ3) is 2.67. The molecule has 0 aliphatic rings. The lowest BCUT2D eigenvalue weighted by Crippen LogP contribution is -2.02. The standard InChI is InChI=1S/C13H9NO2S2/c1-16-13(15)9(8-14)7-10-4-5-12(18-10)11-3-2-6-17-11/h2-7H,1H3. The van der Waals surface area contributed by atoms with Crippen LogP contribution in [0, 0.1) is 11.3 Å². The Morgan fingerprint density at radius 3 is 2.83 bits per heavy atom. The van der Waals surface area contributed by atoms with Crippen LogP contribution in [0.4, 0.5) is 0 Å². The van der Waals surface area contributed by atoms with E-state index < -0.39 is 5.97 Å². The van der Waals surface area contributed by atoms with Crippen molar-refractivity contribution in [3.63, 3.8) is 0 Å². The molecule has 0 amide bonds. The highest BCUT2D eigenvalue weighted by Gasteiger charge is 2.10. The van der Waals surface area contributed by atoms with Gasteiger partial charge in [0.1, 0.15) is 11.6 Å². The van der Waals surface area contributed by atoms with E-state index >= 15 is 0 Å². The summed E-state index contributed by atoms with van der Waals surface area (Å²) in [5, 5.41) is 10.9. The highest BCUT2D eigenvalue weighted by Crippen LogP contribution is 2.32. The van der Waals surface area contributed by atoms with Gasteiger partial charge < -0.3 is 4.74 Å². The molecule has 90 valence electrons. The number of nitrogens with zero attached hydrogens (tertiary/aromatic N) is 1. The summed E-state index contributed by atoms with van der Waals surface area (Å²) in [5.74, 6) is -0.608. The number of nitriles is 1. The Hall–Kier alpha value is -1.90. The Morgan fingerprint density at radius 1 is 1.39 bits per heavy atom. The van der Waals surface area contributed by atoms with Crippen LogP contribution >= 0.6 is 22.7 Å². The summed E-state index contributed by atoms with van der Waals surface area (Å²) in [5.41, 5.74) is 0.0112. The molecule has 0 aromatic carbocycles. The molecular formula is C13H9NO2S2. The molecule has 0 aliphatic carbocycles. The Labute approximate surface area is 113 Å². The van der Waals surface area contributed by atoms with Crippen molar-refractivity contribution in [2.75, 3.05) is 7.11 Å². The maximum absolute atomic E-state index is 11.3. The molecule has 2 aromatic heterocycles. The lowest BCUT2D eigenvalue weighted by Gasteiger charge is -1.94. The van der Waals surface area contributed by atoms with Crippen molar-refractivity contribution in [3.05, 3.63) is 40.1 Å². The molecule has 5 heteroatoms. The fourth-order valence-electron chi connectivity index (χ4n) is 1.37. The van der Waals surface area contributed by atoms with E-state index in [-0.39, 0.29) is 5.57 Å². The molecule has 2 heterocycles. The van der Waals surface area contributed by atoms with Gasteiger partial charge in [-0.3, -0.25) is 0 Å². The van der Waals surface area contributed by atoms with Crippen LogP contribution in [0.15, 0.2) is 35.2 Å². The van der Waals surface area contributed by atoms with Crippen LogP contribution in [0.3, 0.4) is 0 Å². The molecule has 0 radical (unpaired) electrons. The third-order valence-corrected chi connectivity index (χ3v) is 4.30. The van der Waals surface area contributed by atoms with Crippen LogP contribution in [-0.2, 0) is 9.53 Å². The van der Waals surface area contributed by atoms with E-state index in [1.165, 1.54) is 23.3 Å². The number of hydrogen-bond acceptors (Lipinski definition) is 5. The summed E-state index contributed by atoms with van der Waals surface area (Å²) in [6.45, 7) is 0. The molecule has 0 saturated heterocycles. The number of methoxy groups -OCH3 is 1. The highest BCUT2D eigenvalue weighted by atomic mass is 32.1. The lowest BCUT2D eigenvalue weighted by molar-refractivity contribution is -0.135. The first-order valence-corrected chi connectivity index (χ1v) is 6.78. The zero-order chi connectivity index (χ0) is 13.0. The predicted octanol–water partition coefficient (Wildman–Crippen LogP) is 3.56. The van der Waals surface area contributed by atoms with E-state index in [0.29, 0.717) is 0 Å². The number of rotatable bonds is 3. The van der Waals surface area contributed by atoms with E-state index in [2.05, 4.69) is 4.74 Å². The van der Waals surface area contributed by atoms with Crippen LogP contribution < -0.4 is 0 Å². The van der Waals surface area contributed by atoms with Crippen molar-refractivity contribution in [1.82, 2.24) is 0 Å². The normalized spacial score (nSPS) is 11.0. The second-order valence-electron chi connectivity index (χ2n) is 3.34. The molecule has 0 unspecified atom stereocenters. The van der Waals surface area contributed by atoms with Crippen molar-refractivity contribution < 1.29 is 9.53 Å². The van der Waals surface area contributed by atoms with Gasteiger partial charge in [-0.2, -0.15) is 5.26 Å². The average molecular weight is 275 g/mol. The summed E-state index contributed by atoms with van der Waals surface area (Å²) in [6, 6.07) is 9.74. The molecule has 0 spiro atoms. The molecule has 0 saturated carbocycles. The van der Waals surface area contributed by atoms with Gasteiger partial charge >= 0.3 is 5.97 Å². The van der Waals surface area contributed by atoms with Crippen LogP contribution in [0.5, 0.6) is 0 Å². The maximum atomic E-state index is 11.3. The number of ether oxygens (including phenoxy) is 1. The second kappa shape index (κ2) is 5.63. The quantitative estimate of drug-likeness (QED) is 0.489. The van der Waals surface area contributed by atoms with Crippen molar-refractivity contribution >= 4 is 34.7 Å². The van der Waals surface area contributed by atoms with Crippen molar-refractivity contribution in [2.24, 2.45) is 0 Å². The topological polar surface area (TPSA) is 50.1 Å². The maximum Gasteiger partial charge on any atom is 0.348 e. The molecule has 2 aromatic rings. The number of carbonyl (C=O) groups excluding carboxylic acids is 1. The molecule has 2 rings (SSSR count). The Balaban J connectivity index is 2.28. The van der Waals surface area contributed by atoms with Gasteiger partial charge in [0.25, 0.3) is 0 Å². The Morgan fingerprint density at radius 2 is 2.22 bits per heavy atom. The first-order valence-electron chi connectivity index (χ1n) is 5.08. The molecule has 18 heavy (non-hydrogen) atoms. The minimum Gasteiger partial charge on any atom is -0.465 e. The predicted molar refractivity (Wildman–Crippen MR) is 73.2 cm³/mol. The second-order valence-corrected chi connectivity index (χ2v) is 5.40. The summed E-state index contributed by atoms with van der Waals surface area (Å²) >= 11 is 3.20. The van der Waals surface area contributed by atoms with E-state index in [1.807, 2.05) is 35.7 Å². The van der Waals surface area contributed by atoms with Gasteiger partial charge in [0.15, 0.2) is 0 Å². The van der Waals surface area contributed by atoms with E-state index in [1.54, 1.807) is 17.4 Å². The van der Waals surface area contributed by atoms with Gasteiger partial charge in [-0.25, -0.2) is 4.79 Å². The van der Waals surface area contributed by atoms with Gasteiger partial charge in [0.05, 0.1) is 7.11 Å². The van der Waals surface area contributed by atoms with Gasteiger partial charge in [-0.15, -0.1) is 22.7 Å². The zero-order valence-corrected chi connectivity index (χ0v) is 11.2. The molecule has 0 N–H and O–H groups in total. The first-order chi connectivity index (χ1) is 8.74. The van der Waals surface area contributed by atoms with E-state index in [4.69, 9.17) is 5.26 Å². The minimum absolute atomic E-state index is 0.0112. The van der Waals surface area contributed by atoms with Crippen molar-refractivity contribution in [3.8, 4) is 15.8 Å². The molecule has 0 atom stereocenters. The summed E-state index contributed by atoms with van der Waals surface area (Å²) in [7, 11) is 1.26. The minimum atomic E-state index is -0.608. The molecule has 0 fully saturated rings. The van der Waals surface area contributed by atoms with E-state index in [0.717, 1.165) is 9.75 Å². The van der Waals surface area contributed by atoms with Crippen LogP contribution in [0.2, 0.25) is 0 Å². The smallest absolute Gasteiger partial charge is 0.348 e. The summed E-state index contributed by atoms with van der Waals surface area (Å²) in [4.78, 5) is 14.4. The SMILES string of the molecule is COC(=O)C(C#N)=Cc1ccc(-c2cccs2)s1. The fourth-order valence-corrected chi connectivity index (χ4v) is 3.16. The molecule has 0 bridgehead atoms.